The molecule has 2 N–H and O–H groups in total. The fourth-order valence-corrected chi connectivity index (χ4v) is 5.37. The zero-order valence-corrected chi connectivity index (χ0v) is 20.0. The van der Waals surface area contributed by atoms with Crippen LogP contribution in [0.1, 0.15) is 58.4 Å². The summed E-state index contributed by atoms with van der Waals surface area (Å²) in [4.78, 5) is 28.5. The molecule has 0 saturated heterocycles. The predicted octanol–water partition coefficient (Wildman–Crippen LogP) is 3.65. The zero-order chi connectivity index (χ0) is 24.2. The van der Waals surface area contributed by atoms with Crippen molar-refractivity contribution in [3.63, 3.8) is 0 Å². The van der Waals surface area contributed by atoms with Gasteiger partial charge in [-0.1, -0.05) is 31.4 Å². The minimum Gasteiger partial charge on any atom is -0.345 e. The van der Waals surface area contributed by atoms with Gasteiger partial charge in [0, 0.05) is 19.7 Å². The Kier molecular flexibility index (Phi) is 7.86. The third kappa shape index (κ3) is 6.39. The number of halogens is 1. The van der Waals surface area contributed by atoms with E-state index in [4.69, 9.17) is 0 Å². The van der Waals surface area contributed by atoms with E-state index >= 15 is 0 Å². The molecule has 3 rings (SSSR count). The van der Waals surface area contributed by atoms with Gasteiger partial charge in [0.1, 0.15) is 5.82 Å². The zero-order valence-electron chi connectivity index (χ0n) is 19.2. The average Bonchev–Trinajstić information content (AvgIpc) is 2.79. The highest BCUT2D eigenvalue weighted by Gasteiger charge is 2.23. The summed E-state index contributed by atoms with van der Waals surface area (Å²) in [7, 11) is -0.444. The van der Waals surface area contributed by atoms with Gasteiger partial charge in [-0.15, -0.1) is 4.83 Å². The molecule has 0 aromatic heterocycles. The molecule has 2 amide bonds. The van der Waals surface area contributed by atoms with Crippen molar-refractivity contribution in [1.29, 1.82) is 0 Å². The first-order valence-electron chi connectivity index (χ1n) is 11.0. The van der Waals surface area contributed by atoms with Crippen LogP contribution in [0, 0.1) is 18.7 Å². The van der Waals surface area contributed by atoms with E-state index in [0.29, 0.717) is 16.7 Å². The molecular weight excluding hydrogens is 445 g/mol. The Morgan fingerprint density at radius 2 is 1.76 bits per heavy atom. The molecule has 0 heterocycles. The van der Waals surface area contributed by atoms with Gasteiger partial charge in [0.2, 0.25) is 10.0 Å². The quantitative estimate of drug-likeness (QED) is 0.598. The van der Waals surface area contributed by atoms with Crippen LogP contribution in [0.25, 0.3) is 11.1 Å². The van der Waals surface area contributed by atoms with Gasteiger partial charge in [-0.2, -0.15) is 0 Å². The van der Waals surface area contributed by atoms with E-state index in [2.05, 4.69) is 10.3 Å². The minimum atomic E-state index is -3.74. The molecule has 1 aliphatic carbocycles. The lowest BCUT2D eigenvalue weighted by Crippen LogP contribution is -2.44. The molecule has 7 nitrogen and oxygen atoms in total. The van der Waals surface area contributed by atoms with Gasteiger partial charge in [0.15, 0.2) is 0 Å². The highest BCUT2D eigenvalue weighted by molar-refractivity contribution is 7.89. The lowest BCUT2D eigenvalue weighted by Gasteiger charge is -2.21. The van der Waals surface area contributed by atoms with Crippen molar-refractivity contribution in [3.8, 4) is 11.1 Å². The number of hydrogen-bond acceptors (Lipinski definition) is 4. The van der Waals surface area contributed by atoms with Gasteiger partial charge in [-0.05, 0) is 66.6 Å². The second-order valence-electron chi connectivity index (χ2n) is 8.78. The number of rotatable bonds is 7. The monoisotopic (exact) mass is 475 g/mol. The molecule has 2 aromatic rings. The fourth-order valence-electron chi connectivity index (χ4n) is 4.09. The maximum atomic E-state index is 14.8. The number of nitrogens with one attached hydrogen (secondary N) is 2. The van der Waals surface area contributed by atoms with Crippen LogP contribution in [0.2, 0.25) is 0 Å². The summed E-state index contributed by atoms with van der Waals surface area (Å²) in [5.74, 6) is -1.80. The van der Waals surface area contributed by atoms with Crippen LogP contribution in [-0.2, 0) is 10.0 Å². The van der Waals surface area contributed by atoms with Crippen LogP contribution in [0.3, 0.4) is 0 Å². The van der Waals surface area contributed by atoms with E-state index in [9.17, 15) is 22.4 Å². The lowest BCUT2D eigenvalue weighted by molar-refractivity contribution is 0.0827. The van der Waals surface area contributed by atoms with Crippen molar-refractivity contribution in [2.45, 2.75) is 39.0 Å². The molecule has 1 fully saturated rings. The number of hydrazine groups is 1. The number of sulfonamides is 1. The van der Waals surface area contributed by atoms with Gasteiger partial charge in [-0.3, -0.25) is 15.0 Å². The summed E-state index contributed by atoms with van der Waals surface area (Å²) in [5, 5.41) is 0. The summed E-state index contributed by atoms with van der Waals surface area (Å²) >= 11 is 0. The van der Waals surface area contributed by atoms with E-state index in [1.54, 1.807) is 44.4 Å². The van der Waals surface area contributed by atoms with Crippen LogP contribution < -0.4 is 10.3 Å². The van der Waals surface area contributed by atoms with Gasteiger partial charge in [-0.25, -0.2) is 12.8 Å². The molecule has 0 radical (unpaired) electrons. The smallest absolute Gasteiger partial charge is 0.269 e. The fraction of sp³-hybridized carbons (Fsp3) is 0.417. The number of nitrogens with zero attached hydrogens (tertiary/aromatic N) is 1. The first-order valence-corrected chi connectivity index (χ1v) is 12.6. The number of carbonyl (C=O) groups excluding carboxylic acids is 2. The SMILES string of the molecule is Cc1cc(-c2cccc(C(=O)N(C)C)c2)cc(C(=O)NNS(=O)(=O)CC2CCCCC2)c1F. The molecule has 1 aliphatic rings. The van der Waals surface area contributed by atoms with Gasteiger partial charge in [0.25, 0.3) is 11.8 Å². The Bertz CT molecular complexity index is 1140. The third-order valence-corrected chi connectivity index (χ3v) is 7.17. The average molecular weight is 476 g/mol. The summed E-state index contributed by atoms with van der Waals surface area (Å²) in [6, 6.07) is 9.75. The second kappa shape index (κ2) is 10.4. The number of hydrogen-bond donors (Lipinski definition) is 2. The van der Waals surface area contributed by atoms with Crippen LogP contribution in [0.15, 0.2) is 36.4 Å². The van der Waals surface area contributed by atoms with Gasteiger partial charge in [0.05, 0.1) is 11.3 Å². The van der Waals surface area contributed by atoms with Crippen molar-refractivity contribution >= 4 is 21.8 Å². The van der Waals surface area contributed by atoms with Crippen LogP contribution in [-0.4, -0.2) is 45.0 Å². The van der Waals surface area contributed by atoms with Crippen molar-refractivity contribution in [3.05, 3.63) is 58.9 Å². The number of amides is 2. The number of carbonyl (C=O) groups is 2. The van der Waals surface area contributed by atoms with Crippen LogP contribution in [0.4, 0.5) is 4.39 Å². The molecule has 0 spiro atoms. The Morgan fingerprint density at radius 1 is 1.06 bits per heavy atom. The van der Waals surface area contributed by atoms with E-state index < -0.39 is 21.7 Å². The lowest BCUT2D eigenvalue weighted by atomic mass is 9.91. The first kappa shape index (κ1) is 24.9. The Balaban J connectivity index is 1.79. The van der Waals surface area contributed by atoms with E-state index in [1.165, 1.54) is 17.9 Å². The Morgan fingerprint density at radius 3 is 2.42 bits per heavy atom. The van der Waals surface area contributed by atoms with E-state index in [0.717, 1.165) is 32.1 Å². The molecular formula is C24H30FN3O4S. The molecule has 9 heteroatoms. The largest absolute Gasteiger partial charge is 0.345 e. The number of benzene rings is 2. The minimum absolute atomic E-state index is 0.0626. The summed E-state index contributed by atoms with van der Waals surface area (Å²) in [6.45, 7) is 1.53. The Labute approximate surface area is 194 Å². The van der Waals surface area contributed by atoms with Gasteiger partial charge < -0.3 is 4.90 Å². The maximum Gasteiger partial charge on any atom is 0.269 e. The van der Waals surface area contributed by atoms with Crippen molar-refractivity contribution in [2.24, 2.45) is 5.92 Å². The molecule has 178 valence electrons. The topological polar surface area (TPSA) is 95.6 Å². The predicted molar refractivity (Wildman–Crippen MR) is 126 cm³/mol. The summed E-state index contributed by atoms with van der Waals surface area (Å²) < 4.78 is 39.5. The molecule has 0 aliphatic heterocycles. The summed E-state index contributed by atoms with van der Waals surface area (Å²) in [5.41, 5.74) is 3.72. The molecule has 0 atom stereocenters. The number of aryl methyl sites for hydroxylation is 1. The van der Waals surface area contributed by atoms with Crippen LogP contribution >= 0.6 is 0 Å². The third-order valence-electron chi connectivity index (χ3n) is 5.85. The molecule has 33 heavy (non-hydrogen) atoms. The highest BCUT2D eigenvalue weighted by atomic mass is 32.2. The molecule has 0 unspecified atom stereocenters. The normalized spacial score (nSPS) is 14.7. The molecule has 2 aromatic carbocycles. The van der Waals surface area contributed by atoms with E-state index in [-0.39, 0.29) is 28.7 Å². The van der Waals surface area contributed by atoms with Crippen LogP contribution in [0.5, 0.6) is 0 Å². The van der Waals surface area contributed by atoms with E-state index in [1.807, 2.05) is 0 Å². The second-order valence-corrected chi connectivity index (χ2v) is 10.5. The highest BCUT2D eigenvalue weighted by Crippen LogP contribution is 2.27. The first-order chi connectivity index (χ1) is 15.6. The maximum absolute atomic E-state index is 14.8. The summed E-state index contributed by atoms with van der Waals surface area (Å²) in [6.07, 6.45) is 4.82. The molecule has 1 saturated carbocycles. The van der Waals surface area contributed by atoms with Crippen molar-refractivity contribution in [2.75, 3.05) is 19.8 Å². The van der Waals surface area contributed by atoms with Gasteiger partial charge >= 0.3 is 0 Å². The van der Waals surface area contributed by atoms with Crippen molar-refractivity contribution in [1.82, 2.24) is 15.2 Å². The standard InChI is InChI=1S/C24H30FN3O4S/c1-16-12-20(18-10-7-11-19(13-18)24(30)28(2)3)14-21(22(16)25)23(29)26-27-33(31,32)15-17-8-5-4-6-9-17/h7,10-14,17,27H,4-6,8-9,15H2,1-3H3,(H,26,29). The molecule has 0 bridgehead atoms. The Hall–Kier alpha value is -2.78. The van der Waals surface area contributed by atoms with Crippen molar-refractivity contribution < 1.29 is 22.4 Å².